The van der Waals surface area contributed by atoms with Crippen LogP contribution in [0.5, 0.6) is 11.5 Å². The number of carbonyl (C=O) groups excluding carboxylic acids is 1. The molecule has 3 rings (SSSR count). The maximum atomic E-state index is 11.3. The van der Waals surface area contributed by atoms with E-state index in [2.05, 4.69) is 24.1 Å². The molecule has 0 radical (unpaired) electrons. The second-order valence-corrected chi connectivity index (χ2v) is 7.53. The predicted molar refractivity (Wildman–Crippen MR) is 106 cm³/mol. The second kappa shape index (κ2) is 8.15. The van der Waals surface area contributed by atoms with Crippen LogP contribution >= 0.6 is 11.6 Å². The van der Waals surface area contributed by atoms with Crippen LogP contribution < -0.4 is 20.5 Å². The molecular formula is C20H24ClN3O3. The van der Waals surface area contributed by atoms with Crippen molar-refractivity contribution >= 4 is 23.3 Å². The van der Waals surface area contributed by atoms with Gasteiger partial charge in [0.15, 0.2) is 0 Å². The molecule has 0 fully saturated rings. The lowest BCUT2D eigenvalue weighted by Crippen LogP contribution is -2.29. The first-order chi connectivity index (χ1) is 12.8. The zero-order chi connectivity index (χ0) is 19.6. The number of halogens is 1. The number of benzene rings is 1. The van der Waals surface area contributed by atoms with Crippen molar-refractivity contribution in [2.24, 2.45) is 11.7 Å². The third-order valence-corrected chi connectivity index (χ3v) is 4.60. The number of fused-ring (bicyclic) bond motifs is 3. The van der Waals surface area contributed by atoms with Crippen LogP contribution in [0.25, 0.3) is 11.1 Å². The summed E-state index contributed by atoms with van der Waals surface area (Å²) < 4.78 is 11.7. The number of nitrogens with two attached hydrogens (primary N) is 1. The number of nitrogens with one attached hydrogen (secondary N) is 1. The number of rotatable bonds is 6. The molecule has 1 aromatic carbocycles. The van der Waals surface area contributed by atoms with E-state index in [1.54, 1.807) is 6.20 Å². The van der Waals surface area contributed by atoms with E-state index < -0.39 is 0 Å². The number of carbonyl (C=O) groups is 1. The minimum absolute atomic E-state index is 0.0509. The molecule has 2 aromatic rings. The minimum Gasteiger partial charge on any atom is -0.490 e. The standard InChI is InChI=1S/C20H24ClN3O3/c1-11(2)6-14(22)10-26-17-5-4-15-16-7-18(24-12(3)25)23-8-13(16)9-27-20(15)19(17)21/h4-5,7-8,11,14H,6,9-10,22H2,1-3H3,(H,23,24,25)/t14-/m0/s1. The van der Waals surface area contributed by atoms with E-state index in [1.165, 1.54) is 6.92 Å². The smallest absolute Gasteiger partial charge is 0.222 e. The third-order valence-electron chi connectivity index (χ3n) is 4.24. The number of anilines is 1. The summed E-state index contributed by atoms with van der Waals surface area (Å²) in [4.78, 5) is 15.5. The van der Waals surface area contributed by atoms with Gasteiger partial charge in [0.25, 0.3) is 0 Å². The van der Waals surface area contributed by atoms with Crippen molar-refractivity contribution in [2.45, 2.75) is 39.8 Å². The molecule has 1 aliphatic rings. The van der Waals surface area contributed by atoms with Crippen molar-refractivity contribution < 1.29 is 14.3 Å². The van der Waals surface area contributed by atoms with Crippen molar-refractivity contribution in [3.8, 4) is 22.6 Å². The van der Waals surface area contributed by atoms with Crippen molar-refractivity contribution in [3.05, 3.63) is 35.0 Å². The molecule has 144 valence electrons. The van der Waals surface area contributed by atoms with E-state index in [4.69, 9.17) is 26.8 Å². The van der Waals surface area contributed by atoms with E-state index in [0.29, 0.717) is 41.5 Å². The van der Waals surface area contributed by atoms with Crippen LogP contribution in [0.15, 0.2) is 24.4 Å². The summed E-state index contributed by atoms with van der Waals surface area (Å²) in [5, 5.41) is 3.12. The molecule has 27 heavy (non-hydrogen) atoms. The second-order valence-electron chi connectivity index (χ2n) is 7.15. The third kappa shape index (κ3) is 4.51. The summed E-state index contributed by atoms with van der Waals surface area (Å²) in [5.74, 6) is 1.95. The number of hydrogen-bond acceptors (Lipinski definition) is 5. The van der Waals surface area contributed by atoms with Crippen LogP contribution in [-0.2, 0) is 11.4 Å². The topological polar surface area (TPSA) is 86.5 Å². The summed E-state index contributed by atoms with van der Waals surface area (Å²) in [6, 6.07) is 5.50. The van der Waals surface area contributed by atoms with Gasteiger partial charge < -0.3 is 20.5 Å². The Kier molecular flexibility index (Phi) is 5.87. The maximum Gasteiger partial charge on any atom is 0.222 e. The number of nitrogens with zero attached hydrogens (tertiary/aromatic N) is 1. The molecule has 0 unspecified atom stereocenters. The van der Waals surface area contributed by atoms with Crippen LogP contribution in [-0.4, -0.2) is 23.5 Å². The van der Waals surface area contributed by atoms with Gasteiger partial charge in [-0.15, -0.1) is 0 Å². The highest BCUT2D eigenvalue weighted by Crippen LogP contribution is 2.46. The fourth-order valence-electron chi connectivity index (χ4n) is 3.12. The fraction of sp³-hybridized carbons (Fsp3) is 0.400. The lowest BCUT2D eigenvalue weighted by molar-refractivity contribution is -0.114. The first-order valence-electron chi connectivity index (χ1n) is 8.95. The van der Waals surface area contributed by atoms with Gasteiger partial charge in [-0.3, -0.25) is 4.79 Å². The molecule has 6 nitrogen and oxygen atoms in total. The Morgan fingerprint density at radius 2 is 2.19 bits per heavy atom. The lowest BCUT2D eigenvalue weighted by atomic mass is 9.98. The van der Waals surface area contributed by atoms with Gasteiger partial charge in [-0.05, 0) is 36.1 Å². The van der Waals surface area contributed by atoms with Crippen LogP contribution in [0.4, 0.5) is 5.82 Å². The summed E-state index contributed by atoms with van der Waals surface area (Å²) in [7, 11) is 0. The minimum atomic E-state index is -0.172. The Morgan fingerprint density at radius 1 is 1.41 bits per heavy atom. The maximum absolute atomic E-state index is 11.3. The SMILES string of the molecule is CC(=O)Nc1cc2c(cn1)COc1c-2ccc(OC[C@@H](N)CC(C)C)c1Cl. The fourth-order valence-corrected chi connectivity index (χ4v) is 3.40. The summed E-state index contributed by atoms with van der Waals surface area (Å²) in [6.07, 6.45) is 2.58. The quantitative estimate of drug-likeness (QED) is 0.779. The van der Waals surface area contributed by atoms with E-state index in [0.717, 1.165) is 23.1 Å². The average Bonchev–Trinajstić information content (AvgIpc) is 2.60. The van der Waals surface area contributed by atoms with Gasteiger partial charge in [0, 0.05) is 30.3 Å². The predicted octanol–water partition coefficient (Wildman–Crippen LogP) is 4.01. The first kappa shape index (κ1) is 19.5. The zero-order valence-electron chi connectivity index (χ0n) is 15.7. The largest absolute Gasteiger partial charge is 0.490 e. The molecular weight excluding hydrogens is 366 g/mol. The van der Waals surface area contributed by atoms with E-state index >= 15 is 0 Å². The van der Waals surface area contributed by atoms with Crippen molar-refractivity contribution in [1.82, 2.24) is 4.98 Å². The van der Waals surface area contributed by atoms with Crippen LogP contribution in [0, 0.1) is 5.92 Å². The van der Waals surface area contributed by atoms with Crippen molar-refractivity contribution in [3.63, 3.8) is 0 Å². The monoisotopic (exact) mass is 389 g/mol. The summed E-state index contributed by atoms with van der Waals surface area (Å²) in [5.41, 5.74) is 8.79. The van der Waals surface area contributed by atoms with Gasteiger partial charge >= 0.3 is 0 Å². The number of amides is 1. The number of pyridine rings is 1. The molecule has 0 aliphatic carbocycles. The number of ether oxygens (including phenoxy) is 2. The molecule has 0 bridgehead atoms. The highest BCUT2D eigenvalue weighted by atomic mass is 35.5. The van der Waals surface area contributed by atoms with Gasteiger partial charge in [-0.25, -0.2) is 4.98 Å². The van der Waals surface area contributed by atoms with Crippen molar-refractivity contribution in [2.75, 3.05) is 11.9 Å². The summed E-state index contributed by atoms with van der Waals surface area (Å²) >= 11 is 6.53. The molecule has 1 aliphatic heterocycles. The van der Waals surface area contributed by atoms with Crippen LogP contribution in [0.2, 0.25) is 5.02 Å². The molecule has 2 heterocycles. The van der Waals surface area contributed by atoms with Gasteiger partial charge in [0.2, 0.25) is 5.91 Å². The Hall–Kier alpha value is -2.31. The van der Waals surface area contributed by atoms with E-state index in [9.17, 15) is 4.79 Å². The van der Waals surface area contributed by atoms with Gasteiger partial charge in [0.1, 0.15) is 35.6 Å². The number of hydrogen-bond donors (Lipinski definition) is 2. The summed E-state index contributed by atoms with van der Waals surface area (Å²) in [6.45, 7) is 6.44. The average molecular weight is 390 g/mol. The van der Waals surface area contributed by atoms with Gasteiger partial charge in [-0.2, -0.15) is 0 Å². The van der Waals surface area contributed by atoms with E-state index in [1.807, 2.05) is 18.2 Å². The Labute approximate surface area is 164 Å². The Morgan fingerprint density at radius 3 is 2.89 bits per heavy atom. The molecule has 3 N–H and O–H groups in total. The molecule has 0 saturated heterocycles. The molecule has 7 heteroatoms. The van der Waals surface area contributed by atoms with Gasteiger partial charge in [0.05, 0.1) is 0 Å². The first-order valence-corrected chi connectivity index (χ1v) is 9.33. The van der Waals surface area contributed by atoms with Crippen molar-refractivity contribution in [1.29, 1.82) is 0 Å². The molecule has 1 aromatic heterocycles. The highest BCUT2D eigenvalue weighted by Gasteiger charge is 2.23. The van der Waals surface area contributed by atoms with Gasteiger partial charge in [-0.1, -0.05) is 25.4 Å². The molecule has 0 saturated carbocycles. The zero-order valence-corrected chi connectivity index (χ0v) is 16.5. The molecule has 1 atom stereocenters. The molecule has 1 amide bonds. The van der Waals surface area contributed by atoms with Crippen LogP contribution in [0.3, 0.4) is 0 Å². The van der Waals surface area contributed by atoms with Crippen LogP contribution in [0.1, 0.15) is 32.8 Å². The molecule has 0 spiro atoms. The Balaban J connectivity index is 1.85. The number of aromatic nitrogens is 1. The Bertz CT molecular complexity index is 855. The highest BCUT2D eigenvalue weighted by molar-refractivity contribution is 6.34. The van der Waals surface area contributed by atoms with E-state index in [-0.39, 0.29) is 11.9 Å². The normalized spacial score (nSPS) is 13.4. The lowest BCUT2D eigenvalue weighted by Gasteiger charge is -2.23.